The molecular weight excluding hydrogens is 360 g/mol. The number of methoxy groups -OCH3 is 2. The van der Waals surface area contributed by atoms with Gasteiger partial charge in [0.25, 0.3) is 5.56 Å². The van der Waals surface area contributed by atoms with E-state index in [4.69, 9.17) is 9.47 Å². The summed E-state index contributed by atoms with van der Waals surface area (Å²) < 4.78 is 11.8. The molecule has 1 N–H and O–H groups in total. The van der Waals surface area contributed by atoms with Gasteiger partial charge in [0.2, 0.25) is 5.91 Å². The zero-order valence-electron chi connectivity index (χ0n) is 16.5. The number of hydrogen-bond acceptors (Lipinski definition) is 6. The molecule has 0 unspecified atom stereocenters. The lowest BCUT2D eigenvalue weighted by Crippen LogP contribution is -2.43. The van der Waals surface area contributed by atoms with Crippen molar-refractivity contribution in [2.75, 3.05) is 32.2 Å². The normalized spacial score (nSPS) is 16.5. The third-order valence-electron chi connectivity index (χ3n) is 5.03. The first-order valence-corrected chi connectivity index (χ1v) is 9.28. The van der Waals surface area contributed by atoms with Crippen molar-refractivity contribution < 1.29 is 14.3 Å². The fourth-order valence-electron chi connectivity index (χ4n) is 3.38. The van der Waals surface area contributed by atoms with E-state index in [-0.39, 0.29) is 17.4 Å². The molecule has 1 aliphatic rings. The zero-order valence-corrected chi connectivity index (χ0v) is 16.5. The molecule has 1 aromatic heterocycles. The number of carbonyl (C=O) groups is 1. The quantitative estimate of drug-likeness (QED) is 0.806. The molecule has 0 saturated carbocycles. The molecule has 1 aromatic carbocycles. The van der Waals surface area contributed by atoms with Gasteiger partial charge in [-0.3, -0.25) is 9.59 Å². The molecule has 1 atom stereocenters. The Morgan fingerprint density at radius 1 is 1.25 bits per heavy atom. The molecule has 28 heavy (non-hydrogen) atoms. The number of rotatable bonds is 6. The van der Waals surface area contributed by atoms with Crippen molar-refractivity contribution >= 4 is 11.6 Å². The van der Waals surface area contributed by atoms with Crippen molar-refractivity contribution in [1.29, 1.82) is 0 Å². The van der Waals surface area contributed by atoms with Gasteiger partial charge >= 0.3 is 0 Å². The van der Waals surface area contributed by atoms with Crippen LogP contribution in [0.5, 0.6) is 11.5 Å². The number of ether oxygens (including phenoxy) is 2. The summed E-state index contributed by atoms with van der Waals surface area (Å²) in [7, 11) is 4.79. The van der Waals surface area contributed by atoms with Gasteiger partial charge in [-0.2, -0.15) is 5.10 Å². The predicted octanol–water partition coefficient (Wildman–Crippen LogP) is 1.33. The van der Waals surface area contributed by atoms with E-state index in [9.17, 15) is 9.59 Å². The number of benzene rings is 1. The van der Waals surface area contributed by atoms with Crippen LogP contribution < -0.4 is 25.2 Å². The Morgan fingerprint density at radius 3 is 2.75 bits per heavy atom. The van der Waals surface area contributed by atoms with E-state index in [0.29, 0.717) is 24.6 Å². The summed E-state index contributed by atoms with van der Waals surface area (Å²) in [6.45, 7) is 1.81. The maximum atomic E-state index is 12.7. The molecule has 2 heterocycles. The standard InChI is InChI=1S/C20H26N4O4/c1-23-19(25)10-16(12-22-23)24-8-4-5-15(13-24)20(26)21-11-14-6-7-17(27-2)18(9-14)28-3/h6-7,9-10,12,15H,4-5,8,11,13H2,1-3H3,(H,21,26)/t15-/m0/s1. The van der Waals surface area contributed by atoms with Gasteiger partial charge in [-0.1, -0.05) is 6.07 Å². The Balaban J connectivity index is 1.61. The molecule has 1 saturated heterocycles. The molecular formula is C20H26N4O4. The molecule has 3 rings (SSSR count). The maximum Gasteiger partial charge on any atom is 0.268 e. The van der Waals surface area contributed by atoms with Gasteiger partial charge in [-0.05, 0) is 30.5 Å². The smallest absolute Gasteiger partial charge is 0.268 e. The molecule has 150 valence electrons. The van der Waals surface area contributed by atoms with Crippen molar-refractivity contribution in [2.24, 2.45) is 13.0 Å². The summed E-state index contributed by atoms with van der Waals surface area (Å²) in [5.74, 6) is 1.17. The van der Waals surface area contributed by atoms with Crippen LogP contribution in [0.4, 0.5) is 5.69 Å². The van der Waals surface area contributed by atoms with Crippen LogP contribution in [0, 0.1) is 5.92 Å². The molecule has 2 aromatic rings. The molecule has 0 spiro atoms. The Labute approximate surface area is 164 Å². The lowest BCUT2D eigenvalue weighted by Gasteiger charge is -2.33. The highest BCUT2D eigenvalue weighted by atomic mass is 16.5. The van der Waals surface area contributed by atoms with Crippen molar-refractivity contribution in [3.63, 3.8) is 0 Å². The summed E-state index contributed by atoms with van der Waals surface area (Å²) >= 11 is 0. The number of aromatic nitrogens is 2. The van der Waals surface area contributed by atoms with Crippen LogP contribution in [-0.2, 0) is 18.4 Å². The summed E-state index contributed by atoms with van der Waals surface area (Å²) in [6, 6.07) is 7.15. The Kier molecular flexibility index (Phi) is 6.18. The van der Waals surface area contributed by atoms with Gasteiger partial charge in [-0.25, -0.2) is 4.68 Å². The van der Waals surface area contributed by atoms with Gasteiger partial charge in [0.05, 0.1) is 32.0 Å². The second-order valence-electron chi connectivity index (χ2n) is 6.87. The van der Waals surface area contributed by atoms with Crippen LogP contribution >= 0.6 is 0 Å². The zero-order chi connectivity index (χ0) is 20.1. The first kappa shape index (κ1) is 19.7. The molecule has 1 aliphatic heterocycles. The van der Waals surface area contributed by atoms with E-state index in [2.05, 4.69) is 15.3 Å². The Hall–Kier alpha value is -3.03. The molecule has 1 amide bonds. The average molecular weight is 386 g/mol. The van der Waals surface area contributed by atoms with Gasteiger partial charge in [0.1, 0.15) is 0 Å². The molecule has 0 aliphatic carbocycles. The number of amides is 1. The van der Waals surface area contributed by atoms with Crippen LogP contribution in [-0.4, -0.2) is 43.0 Å². The number of hydrogen-bond donors (Lipinski definition) is 1. The van der Waals surface area contributed by atoms with Crippen LogP contribution in [0.3, 0.4) is 0 Å². The fourth-order valence-corrected chi connectivity index (χ4v) is 3.38. The number of anilines is 1. The van der Waals surface area contributed by atoms with E-state index in [1.54, 1.807) is 33.5 Å². The number of nitrogens with zero attached hydrogens (tertiary/aromatic N) is 3. The second kappa shape index (κ2) is 8.77. The minimum absolute atomic E-state index is 0.0104. The Morgan fingerprint density at radius 2 is 2.04 bits per heavy atom. The summed E-state index contributed by atoms with van der Waals surface area (Å²) in [5.41, 5.74) is 1.55. The molecule has 8 nitrogen and oxygen atoms in total. The minimum Gasteiger partial charge on any atom is -0.493 e. The molecule has 1 fully saturated rings. The Bertz CT molecular complexity index is 896. The van der Waals surface area contributed by atoms with Gasteiger partial charge in [-0.15, -0.1) is 0 Å². The van der Waals surface area contributed by atoms with E-state index in [0.717, 1.165) is 30.6 Å². The van der Waals surface area contributed by atoms with Crippen molar-refractivity contribution in [3.05, 3.63) is 46.4 Å². The van der Waals surface area contributed by atoms with Crippen LogP contribution in [0.25, 0.3) is 0 Å². The fraction of sp³-hybridized carbons (Fsp3) is 0.450. The number of aryl methyl sites for hydroxylation is 1. The van der Waals surface area contributed by atoms with Crippen LogP contribution in [0.1, 0.15) is 18.4 Å². The highest BCUT2D eigenvalue weighted by Crippen LogP contribution is 2.27. The highest BCUT2D eigenvalue weighted by molar-refractivity contribution is 5.79. The summed E-state index contributed by atoms with van der Waals surface area (Å²) in [4.78, 5) is 26.6. The van der Waals surface area contributed by atoms with Crippen molar-refractivity contribution in [3.8, 4) is 11.5 Å². The van der Waals surface area contributed by atoms with E-state index in [1.807, 2.05) is 18.2 Å². The topological polar surface area (TPSA) is 85.7 Å². The van der Waals surface area contributed by atoms with Gasteiger partial charge < -0.3 is 19.7 Å². The van der Waals surface area contributed by atoms with E-state index in [1.165, 1.54) is 4.68 Å². The third-order valence-corrected chi connectivity index (χ3v) is 5.03. The van der Waals surface area contributed by atoms with Crippen LogP contribution in [0.2, 0.25) is 0 Å². The summed E-state index contributed by atoms with van der Waals surface area (Å²) in [5, 5.41) is 7.08. The maximum absolute atomic E-state index is 12.7. The van der Waals surface area contributed by atoms with Gasteiger partial charge in [0, 0.05) is 32.7 Å². The predicted molar refractivity (Wildman–Crippen MR) is 106 cm³/mol. The first-order chi connectivity index (χ1) is 13.5. The largest absolute Gasteiger partial charge is 0.493 e. The SMILES string of the molecule is COc1ccc(CNC(=O)[C@H]2CCCN(c3cnn(C)c(=O)c3)C2)cc1OC. The first-order valence-electron chi connectivity index (χ1n) is 9.28. The lowest BCUT2D eigenvalue weighted by molar-refractivity contribution is -0.125. The molecule has 0 bridgehead atoms. The lowest BCUT2D eigenvalue weighted by atomic mass is 9.96. The highest BCUT2D eigenvalue weighted by Gasteiger charge is 2.26. The third kappa shape index (κ3) is 4.44. The molecule has 0 radical (unpaired) electrons. The minimum atomic E-state index is -0.155. The number of piperidine rings is 1. The van der Waals surface area contributed by atoms with Crippen LogP contribution in [0.15, 0.2) is 35.3 Å². The van der Waals surface area contributed by atoms with Crippen molar-refractivity contribution in [2.45, 2.75) is 19.4 Å². The number of nitrogens with one attached hydrogen (secondary N) is 1. The molecule has 8 heteroatoms. The summed E-state index contributed by atoms with van der Waals surface area (Å²) in [6.07, 6.45) is 3.39. The van der Waals surface area contributed by atoms with Gasteiger partial charge in [0.15, 0.2) is 11.5 Å². The number of carbonyl (C=O) groups excluding carboxylic acids is 1. The van der Waals surface area contributed by atoms with E-state index < -0.39 is 0 Å². The average Bonchev–Trinajstić information content (AvgIpc) is 2.73. The second-order valence-corrected chi connectivity index (χ2v) is 6.87. The monoisotopic (exact) mass is 386 g/mol. The van der Waals surface area contributed by atoms with E-state index >= 15 is 0 Å². The van der Waals surface area contributed by atoms with Crippen molar-refractivity contribution in [1.82, 2.24) is 15.1 Å².